The van der Waals surface area contributed by atoms with Gasteiger partial charge in [-0.25, -0.2) is 4.98 Å². The van der Waals surface area contributed by atoms with E-state index in [1.165, 1.54) is 6.42 Å². The van der Waals surface area contributed by atoms with Crippen LogP contribution in [0, 0.1) is 11.8 Å². The van der Waals surface area contributed by atoms with Gasteiger partial charge in [0.05, 0.1) is 12.5 Å². The van der Waals surface area contributed by atoms with Crippen LogP contribution in [0.5, 0.6) is 5.75 Å². The molecule has 3 heterocycles. The standard InChI is InChI=1S/C21H24N4O2/c1-13-10-14(2)12-25(11-13)21-23-19-18(20(26)24-21)16(8-9-22-19)15-6-4-5-7-17(15)27-3/h4-9,13-14H,10-12H2,1-3H3,(H,22,23,24,26). The van der Waals surface area contributed by atoms with E-state index in [4.69, 9.17) is 4.74 Å². The van der Waals surface area contributed by atoms with Crippen LogP contribution in [-0.2, 0) is 0 Å². The van der Waals surface area contributed by atoms with Gasteiger partial charge in [0.15, 0.2) is 5.65 Å². The average Bonchev–Trinajstić information content (AvgIpc) is 2.66. The molecule has 0 aliphatic carbocycles. The third kappa shape index (κ3) is 3.27. The zero-order chi connectivity index (χ0) is 19.0. The fourth-order valence-corrected chi connectivity index (χ4v) is 4.13. The van der Waals surface area contributed by atoms with Gasteiger partial charge in [0.2, 0.25) is 5.95 Å². The Morgan fingerprint density at radius 1 is 1.11 bits per heavy atom. The molecule has 1 saturated heterocycles. The second-order valence-electron chi connectivity index (χ2n) is 7.50. The topological polar surface area (TPSA) is 71.1 Å². The Balaban J connectivity index is 1.85. The number of aromatic amines is 1. The zero-order valence-corrected chi connectivity index (χ0v) is 15.9. The second kappa shape index (κ2) is 7.02. The molecule has 1 aromatic carbocycles. The molecule has 27 heavy (non-hydrogen) atoms. The summed E-state index contributed by atoms with van der Waals surface area (Å²) in [6.45, 7) is 6.26. The van der Waals surface area contributed by atoms with Crippen molar-refractivity contribution in [1.82, 2.24) is 15.0 Å². The molecule has 2 unspecified atom stereocenters. The van der Waals surface area contributed by atoms with Crippen LogP contribution >= 0.6 is 0 Å². The number of nitrogens with one attached hydrogen (secondary N) is 1. The van der Waals surface area contributed by atoms with Crippen LogP contribution in [0.3, 0.4) is 0 Å². The highest BCUT2D eigenvalue weighted by Gasteiger charge is 2.24. The van der Waals surface area contributed by atoms with E-state index in [0.717, 1.165) is 24.2 Å². The van der Waals surface area contributed by atoms with Gasteiger partial charge >= 0.3 is 0 Å². The van der Waals surface area contributed by atoms with Crippen molar-refractivity contribution in [3.63, 3.8) is 0 Å². The van der Waals surface area contributed by atoms with Gasteiger partial charge in [-0.3, -0.25) is 9.78 Å². The van der Waals surface area contributed by atoms with E-state index in [1.807, 2.05) is 30.3 Å². The minimum absolute atomic E-state index is 0.171. The van der Waals surface area contributed by atoms with Crippen molar-refractivity contribution in [2.75, 3.05) is 25.1 Å². The number of hydrogen-bond donors (Lipinski definition) is 1. The molecule has 140 valence electrons. The van der Waals surface area contributed by atoms with Crippen molar-refractivity contribution >= 4 is 17.0 Å². The lowest BCUT2D eigenvalue weighted by molar-refractivity contribution is 0.353. The molecule has 3 aromatic rings. The van der Waals surface area contributed by atoms with Gasteiger partial charge in [0, 0.05) is 30.4 Å². The molecule has 2 atom stereocenters. The Hall–Kier alpha value is -2.89. The Labute approximate surface area is 158 Å². The molecule has 0 saturated carbocycles. The maximum absolute atomic E-state index is 13.0. The molecule has 4 rings (SSSR count). The van der Waals surface area contributed by atoms with Gasteiger partial charge in [-0.05, 0) is 30.4 Å². The number of fused-ring (bicyclic) bond motifs is 1. The largest absolute Gasteiger partial charge is 0.496 e. The van der Waals surface area contributed by atoms with E-state index in [1.54, 1.807) is 13.3 Å². The first-order chi connectivity index (χ1) is 13.1. The van der Waals surface area contributed by atoms with Crippen molar-refractivity contribution in [1.29, 1.82) is 0 Å². The number of ether oxygens (including phenoxy) is 1. The molecule has 6 heteroatoms. The molecule has 0 amide bonds. The van der Waals surface area contributed by atoms with Crippen LogP contribution in [0.1, 0.15) is 20.3 Å². The van der Waals surface area contributed by atoms with Crippen LogP contribution in [0.15, 0.2) is 41.3 Å². The summed E-state index contributed by atoms with van der Waals surface area (Å²) >= 11 is 0. The summed E-state index contributed by atoms with van der Waals surface area (Å²) in [5.74, 6) is 2.47. The van der Waals surface area contributed by atoms with Crippen molar-refractivity contribution in [2.45, 2.75) is 20.3 Å². The lowest BCUT2D eigenvalue weighted by atomic mass is 9.92. The molecule has 0 radical (unpaired) electrons. The molecule has 1 N–H and O–H groups in total. The molecular formula is C21H24N4O2. The number of benzene rings is 1. The molecular weight excluding hydrogens is 340 g/mol. The summed E-state index contributed by atoms with van der Waals surface area (Å²) in [5.41, 5.74) is 1.92. The molecule has 1 aliphatic rings. The van der Waals surface area contributed by atoms with Crippen molar-refractivity contribution in [3.8, 4) is 16.9 Å². The number of aromatic nitrogens is 3. The van der Waals surface area contributed by atoms with E-state index in [2.05, 4.69) is 33.7 Å². The summed E-state index contributed by atoms with van der Waals surface area (Å²) < 4.78 is 5.47. The van der Waals surface area contributed by atoms with Gasteiger partial charge < -0.3 is 9.64 Å². The molecule has 0 bridgehead atoms. The van der Waals surface area contributed by atoms with Crippen LogP contribution < -0.4 is 15.2 Å². The Kier molecular flexibility index (Phi) is 4.56. The highest BCUT2D eigenvalue weighted by molar-refractivity contribution is 5.93. The Morgan fingerprint density at radius 2 is 1.85 bits per heavy atom. The number of anilines is 1. The highest BCUT2D eigenvalue weighted by Crippen LogP contribution is 2.33. The van der Waals surface area contributed by atoms with Crippen molar-refractivity contribution in [2.24, 2.45) is 11.8 Å². The number of rotatable bonds is 3. The summed E-state index contributed by atoms with van der Waals surface area (Å²) in [6.07, 6.45) is 2.90. The number of pyridine rings is 1. The quantitative estimate of drug-likeness (QED) is 0.770. The number of methoxy groups -OCH3 is 1. The fourth-order valence-electron chi connectivity index (χ4n) is 4.13. The molecule has 1 aliphatic heterocycles. The maximum Gasteiger partial charge on any atom is 0.262 e. The van der Waals surface area contributed by atoms with E-state index < -0.39 is 0 Å². The van der Waals surface area contributed by atoms with E-state index >= 15 is 0 Å². The van der Waals surface area contributed by atoms with E-state index in [-0.39, 0.29) is 5.56 Å². The predicted octanol–water partition coefficient (Wildman–Crippen LogP) is 3.48. The van der Waals surface area contributed by atoms with Crippen LogP contribution in [0.4, 0.5) is 5.95 Å². The lowest BCUT2D eigenvalue weighted by Gasteiger charge is -2.35. The average molecular weight is 364 g/mol. The fraction of sp³-hybridized carbons (Fsp3) is 0.381. The number of piperidine rings is 1. The monoisotopic (exact) mass is 364 g/mol. The predicted molar refractivity (Wildman–Crippen MR) is 107 cm³/mol. The number of nitrogens with zero attached hydrogens (tertiary/aromatic N) is 3. The van der Waals surface area contributed by atoms with Crippen LogP contribution in [-0.4, -0.2) is 35.2 Å². The first kappa shape index (κ1) is 17.5. The van der Waals surface area contributed by atoms with Crippen LogP contribution in [0.2, 0.25) is 0 Å². The SMILES string of the molecule is COc1ccccc1-c1ccnc2nc(N3CC(C)CC(C)C3)[nH]c(=O)c12. The van der Waals surface area contributed by atoms with Crippen molar-refractivity contribution < 1.29 is 4.74 Å². The molecule has 2 aromatic heterocycles. The van der Waals surface area contributed by atoms with E-state index in [9.17, 15) is 4.79 Å². The maximum atomic E-state index is 13.0. The van der Waals surface area contributed by atoms with Gasteiger partial charge in [-0.2, -0.15) is 4.98 Å². The van der Waals surface area contributed by atoms with Crippen molar-refractivity contribution in [3.05, 3.63) is 46.9 Å². The number of H-pyrrole nitrogens is 1. The minimum atomic E-state index is -0.171. The second-order valence-corrected chi connectivity index (χ2v) is 7.50. The normalized spacial score (nSPS) is 20.0. The third-order valence-electron chi connectivity index (χ3n) is 5.16. The summed E-state index contributed by atoms with van der Waals surface area (Å²) in [4.78, 5) is 27.2. The smallest absolute Gasteiger partial charge is 0.262 e. The Bertz CT molecular complexity index is 1020. The third-order valence-corrected chi connectivity index (χ3v) is 5.16. The van der Waals surface area contributed by atoms with E-state index in [0.29, 0.717) is 34.6 Å². The first-order valence-electron chi connectivity index (χ1n) is 9.34. The minimum Gasteiger partial charge on any atom is -0.496 e. The summed E-state index contributed by atoms with van der Waals surface area (Å²) in [5, 5.41) is 0.490. The van der Waals surface area contributed by atoms with Gasteiger partial charge in [-0.15, -0.1) is 0 Å². The van der Waals surface area contributed by atoms with Crippen LogP contribution in [0.25, 0.3) is 22.2 Å². The molecule has 0 spiro atoms. The van der Waals surface area contributed by atoms with Gasteiger partial charge in [0.25, 0.3) is 5.56 Å². The van der Waals surface area contributed by atoms with Gasteiger partial charge in [0.1, 0.15) is 5.75 Å². The lowest BCUT2D eigenvalue weighted by Crippen LogP contribution is -2.40. The molecule has 1 fully saturated rings. The first-order valence-corrected chi connectivity index (χ1v) is 9.34. The Morgan fingerprint density at radius 3 is 2.59 bits per heavy atom. The molecule has 6 nitrogen and oxygen atoms in total. The van der Waals surface area contributed by atoms with Gasteiger partial charge in [-0.1, -0.05) is 32.0 Å². The number of hydrogen-bond acceptors (Lipinski definition) is 5. The summed E-state index contributed by atoms with van der Waals surface area (Å²) in [6, 6.07) is 9.49. The summed E-state index contributed by atoms with van der Waals surface area (Å²) in [7, 11) is 1.63. The zero-order valence-electron chi connectivity index (χ0n) is 15.9. The highest BCUT2D eigenvalue weighted by atomic mass is 16.5. The number of para-hydroxylation sites is 1.